The van der Waals surface area contributed by atoms with Gasteiger partial charge in [-0.25, -0.2) is 8.42 Å². The molecule has 2 aliphatic rings. The summed E-state index contributed by atoms with van der Waals surface area (Å²) < 4.78 is 27.4. The monoisotopic (exact) mass is 559 g/mol. The lowest BCUT2D eigenvalue weighted by molar-refractivity contribution is 0.0944. The van der Waals surface area contributed by atoms with Crippen LogP contribution in [0.25, 0.3) is 0 Å². The average Bonchev–Trinajstić information content (AvgIpc) is 3.03. The minimum atomic E-state index is -3.99. The van der Waals surface area contributed by atoms with Crippen LogP contribution in [0.3, 0.4) is 0 Å². The highest BCUT2D eigenvalue weighted by molar-refractivity contribution is 7.91. The Morgan fingerprint density at radius 3 is 2.62 bits per heavy atom. The number of sulfone groups is 1. The van der Waals surface area contributed by atoms with Gasteiger partial charge in [-0.3, -0.25) is 9.59 Å². The number of nitrogens with zero attached hydrogens (tertiary/aromatic N) is 2. The highest BCUT2D eigenvalue weighted by Crippen LogP contribution is 2.38. The van der Waals surface area contributed by atoms with E-state index in [2.05, 4.69) is 17.1 Å². The fourth-order valence-corrected chi connectivity index (χ4v) is 7.53. The number of aryl methyl sites for hydroxylation is 1. The molecular formula is C32H37N3O4S. The molecule has 1 saturated heterocycles. The van der Waals surface area contributed by atoms with Crippen LogP contribution in [-0.2, 0) is 16.4 Å². The number of nitrogens with one attached hydrogen (secondary N) is 1. The SMILES string of the molecule is CC[C@H]1CCCCN1CCCNC(=O)c1ccc2c(c1)N(Cc1cccc(C)c1)C(=O)c1ccccc1S2(=O)=O. The van der Waals surface area contributed by atoms with Crippen LogP contribution >= 0.6 is 0 Å². The molecule has 40 heavy (non-hydrogen) atoms. The maximum Gasteiger partial charge on any atom is 0.259 e. The van der Waals surface area contributed by atoms with Gasteiger partial charge in [-0.2, -0.15) is 0 Å². The van der Waals surface area contributed by atoms with E-state index >= 15 is 0 Å². The molecule has 0 aliphatic carbocycles. The molecule has 0 aromatic heterocycles. The molecule has 3 aromatic rings. The van der Waals surface area contributed by atoms with E-state index in [1.165, 1.54) is 42.4 Å². The van der Waals surface area contributed by atoms with Crippen LogP contribution in [0.5, 0.6) is 0 Å². The van der Waals surface area contributed by atoms with Gasteiger partial charge in [0.2, 0.25) is 9.84 Å². The van der Waals surface area contributed by atoms with Crippen molar-refractivity contribution in [2.24, 2.45) is 0 Å². The lowest BCUT2D eigenvalue weighted by atomic mass is 10.00. The molecule has 3 aromatic carbocycles. The average molecular weight is 560 g/mol. The molecule has 5 rings (SSSR count). The summed E-state index contributed by atoms with van der Waals surface area (Å²) in [6.45, 7) is 6.96. The van der Waals surface area contributed by atoms with Gasteiger partial charge in [0.05, 0.1) is 27.6 Å². The highest BCUT2D eigenvalue weighted by Gasteiger charge is 2.36. The first kappa shape index (κ1) is 28.1. The third kappa shape index (κ3) is 5.69. The van der Waals surface area contributed by atoms with Crippen molar-refractivity contribution in [3.8, 4) is 0 Å². The summed E-state index contributed by atoms with van der Waals surface area (Å²) in [5, 5.41) is 3.00. The summed E-state index contributed by atoms with van der Waals surface area (Å²) in [5.74, 6) is -0.695. The summed E-state index contributed by atoms with van der Waals surface area (Å²) in [5.41, 5.74) is 2.58. The zero-order chi connectivity index (χ0) is 28.3. The van der Waals surface area contributed by atoms with Gasteiger partial charge in [-0.15, -0.1) is 0 Å². The number of anilines is 1. The Bertz CT molecular complexity index is 1520. The van der Waals surface area contributed by atoms with Gasteiger partial charge in [-0.1, -0.05) is 55.3 Å². The van der Waals surface area contributed by atoms with E-state index in [0.29, 0.717) is 18.2 Å². The molecule has 0 radical (unpaired) electrons. The molecule has 210 valence electrons. The zero-order valence-corrected chi connectivity index (χ0v) is 24.0. The van der Waals surface area contributed by atoms with Crippen LogP contribution in [0.15, 0.2) is 76.5 Å². The molecule has 1 atom stereocenters. The minimum absolute atomic E-state index is 0.0192. The van der Waals surface area contributed by atoms with Gasteiger partial charge in [-0.05, 0) is 75.0 Å². The molecular weight excluding hydrogens is 522 g/mol. The van der Waals surface area contributed by atoms with Crippen molar-refractivity contribution in [3.63, 3.8) is 0 Å². The quantitative estimate of drug-likeness (QED) is 0.375. The van der Waals surface area contributed by atoms with Crippen LogP contribution in [0, 0.1) is 6.92 Å². The molecule has 0 bridgehead atoms. The zero-order valence-electron chi connectivity index (χ0n) is 23.2. The second kappa shape index (κ2) is 11.9. The minimum Gasteiger partial charge on any atom is -0.352 e. The standard InChI is InChI=1S/C32H37N3O4S/c1-3-26-12-6-7-18-34(26)19-9-17-33-31(36)25-15-16-30-28(21-25)35(22-24-11-8-10-23(2)20-24)32(37)27-13-4-5-14-29(27)40(30,38)39/h4-5,8,10-11,13-16,20-21,26H,3,6-7,9,12,17-19,22H2,1-2H3,(H,33,36)/t26-/m0/s1. The molecule has 2 heterocycles. The molecule has 1 fully saturated rings. The number of rotatable bonds is 8. The number of carbonyl (C=O) groups excluding carboxylic acids is 2. The van der Waals surface area contributed by atoms with E-state index in [1.54, 1.807) is 24.3 Å². The first-order chi connectivity index (χ1) is 19.3. The maximum absolute atomic E-state index is 13.8. The third-order valence-electron chi connectivity index (χ3n) is 8.00. The normalized spacial score (nSPS) is 18.5. The predicted molar refractivity (Wildman–Crippen MR) is 156 cm³/mol. The van der Waals surface area contributed by atoms with E-state index < -0.39 is 15.7 Å². The van der Waals surface area contributed by atoms with E-state index in [4.69, 9.17) is 0 Å². The molecule has 0 saturated carbocycles. The molecule has 7 nitrogen and oxygen atoms in total. The molecule has 8 heteroatoms. The van der Waals surface area contributed by atoms with Gasteiger partial charge in [0.1, 0.15) is 0 Å². The first-order valence-electron chi connectivity index (χ1n) is 14.2. The second-order valence-electron chi connectivity index (χ2n) is 10.8. The third-order valence-corrected chi connectivity index (χ3v) is 9.86. The molecule has 2 aliphatic heterocycles. The van der Waals surface area contributed by atoms with Crippen molar-refractivity contribution >= 4 is 27.3 Å². The number of piperidine rings is 1. The Hall–Kier alpha value is -3.49. The van der Waals surface area contributed by atoms with Gasteiger partial charge in [0.15, 0.2) is 0 Å². The number of benzene rings is 3. The Morgan fingerprint density at radius 1 is 1.00 bits per heavy atom. The Morgan fingerprint density at radius 2 is 1.82 bits per heavy atom. The van der Waals surface area contributed by atoms with Crippen LogP contribution in [0.4, 0.5) is 5.69 Å². The number of fused-ring (bicyclic) bond motifs is 2. The first-order valence-corrected chi connectivity index (χ1v) is 15.7. The molecule has 1 N–H and O–H groups in total. The molecule has 0 spiro atoms. The number of amides is 2. The fourth-order valence-electron chi connectivity index (χ4n) is 5.90. The smallest absolute Gasteiger partial charge is 0.259 e. The Balaban J connectivity index is 1.42. The summed E-state index contributed by atoms with van der Waals surface area (Å²) in [6.07, 6.45) is 5.74. The van der Waals surface area contributed by atoms with E-state index in [1.807, 2.05) is 31.2 Å². The van der Waals surface area contributed by atoms with Crippen molar-refractivity contribution in [2.75, 3.05) is 24.5 Å². The number of carbonyl (C=O) groups is 2. The van der Waals surface area contributed by atoms with Crippen molar-refractivity contribution < 1.29 is 18.0 Å². The molecule has 2 amide bonds. The van der Waals surface area contributed by atoms with Gasteiger partial charge >= 0.3 is 0 Å². The van der Waals surface area contributed by atoms with Crippen molar-refractivity contribution in [2.45, 2.75) is 68.3 Å². The Kier molecular flexibility index (Phi) is 8.38. The van der Waals surface area contributed by atoms with Crippen LogP contribution in [0.1, 0.15) is 70.9 Å². The van der Waals surface area contributed by atoms with Gasteiger partial charge in [0, 0.05) is 24.7 Å². The topological polar surface area (TPSA) is 86.8 Å². The maximum atomic E-state index is 13.8. The lowest BCUT2D eigenvalue weighted by Crippen LogP contribution is -2.40. The number of likely N-dealkylation sites (tertiary alicyclic amines) is 1. The summed E-state index contributed by atoms with van der Waals surface area (Å²) in [6, 6.07) is 19.2. The van der Waals surface area contributed by atoms with E-state index in [0.717, 1.165) is 37.1 Å². The summed E-state index contributed by atoms with van der Waals surface area (Å²) in [4.78, 5) is 31.0. The van der Waals surface area contributed by atoms with E-state index in [-0.39, 0.29) is 33.5 Å². The van der Waals surface area contributed by atoms with Crippen LogP contribution < -0.4 is 10.2 Å². The van der Waals surface area contributed by atoms with Gasteiger partial charge < -0.3 is 15.1 Å². The van der Waals surface area contributed by atoms with E-state index in [9.17, 15) is 18.0 Å². The van der Waals surface area contributed by atoms with Crippen LogP contribution in [0.2, 0.25) is 0 Å². The van der Waals surface area contributed by atoms with Gasteiger partial charge in [0.25, 0.3) is 11.8 Å². The largest absolute Gasteiger partial charge is 0.352 e. The fraction of sp³-hybridized carbons (Fsp3) is 0.375. The number of hydrogen-bond donors (Lipinski definition) is 1. The summed E-state index contributed by atoms with van der Waals surface area (Å²) >= 11 is 0. The summed E-state index contributed by atoms with van der Waals surface area (Å²) in [7, 11) is -3.99. The molecule has 0 unspecified atom stereocenters. The van der Waals surface area contributed by atoms with Crippen molar-refractivity contribution in [3.05, 3.63) is 89.0 Å². The number of hydrogen-bond acceptors (Lipinski definition) is 5. The van der Waals surface area contributed by atoms with Crippen LogP contribution in [-0.4, -0.2) is 50.8 Å². The lowest BCUT2D eigenvalue weighted by Gasteiger charge is -2.35. The van der Waals surface area contributed by atoms with Crippen molar-refractivity contribution in [1.82, 2.24) is 10.2 Å². The predicted octanol–water partition coefficient (Wildman–Crippen LogP) is 5.37. The highest BCUT2D eigenvalue weighted by atomic mass is 32.2. The Labute approximate surface area is 237 Å². The second-order valence-corrected chi connectivity index (χ2v) is 12.7. The van der Waals surface area contributed by atoms with Crippen molar-refractivity contribution in [1.29, 1.82) is 0 Å².